The Labute approximate surface area is 145 Å². The number of nitrogens with two attached hydrogens (primary N) is 1. The summed E-state index contributed by atoms with van der Waals surface area (Å²) in [6.07, 6.45) is 1.14. The lowest BCUT2D eigenvalue weighted by molar-refractivity contribution is -0.137. The molecule has 0 aromatic heterocycles. The zero-order valence-corrected chi connectivity index (χ0v) is 14.4. The summed E-state index contributed by atoms with van der Waals surface area (Å²) in [7, 11) is 0. The number of ether oxygens (including phenoxy) is 1. The van der Waals surface area contributed by atoms with Crippen LogP contribution in [0.15, 0.2) is 18.2 Å². The van der Waals surface area contributed by atoms with Gasteiger partial charge in [0.2, 0.25) is 0 Å². The van der Waals surface area contributed by atoms with Crippen LogP contribution in [-0.4, -0.2) is 18.1 Å². The van der Waals surface area contributed by atoms with E-state index in [1.54, 1.807) is 6.92 Å². The van der Waals surface area contributed by atoms with Crippen LogP contribution in [0.25, 0.3) is 0 Å². The number of halogens is 3. The summed E-state index contributed by atoms with van der Waals surface area (Å²) in [5.41, 5.74) is 5.01. The second-order valence-corrected chi connectivity index (χ2v) is 6.50. The van der Waals surface area contributed by atoms with E-state index in [2.05, 4.69) is 5.32 Å². The molecule has 0 radical (unpaired) electrons. The van der Waals surface area contributed by atoms with E-state index < -0.39 is 23.8 Å². The normalized spacial score (nSPS) is 17.8. The van der Waals surface area contributed by atoms with Gasteiger partial charge in [0, 0.05) is 12.2 Å². The summed E-state index contributed by atoms with van der Waals surface area (Å²) >= 11 is 0. The van der Waals surface area contributed by atoms with Gasteiger partial charge in [-0.25, -0.2) is 0 Å². The average Bonchev–Trinajstić information content (AvgIpc) is 2.82. The van der Waals surface area contributed by atoms with Crippen LogP contribution in [0.2, 0.25) is 0 Å². The highest BCUT2D eigenvalue weighted by Gasteiger charge is 2.31. The first-order valence-electron chi connectivity index (χ1n) is 8.67. The fourth-order valence-electron chi connectivity index (χ4n) is 3.02. The van der Waals surface area contributed by atoms with E-state index in [4.69, 9.17) is 10.5 Å². The molecule has 0 aliphatic heterocycles. The highest BCUT2D eigenvalue weighted by molar-refractivity contribution is 5.94. The summed E-state index contributed by atoms with van der Waals surface area (Å²) in [4.78, 5) is 12.3. The van der Waals surface area contributed by atoms with Crippen LogP contribution in [0.3, 0.4) is 0 Å². The van der Waals surface area contributed by atoms with Crippen LogP contribution in [0.5, 0.6) is 0 Å². The van der Waals surface area contributed by atoms with Crippen LogP contribution in [0, 0.1) is 0 Å². The van der Waals surface area contributed by atoms with Crippen molar-refractivity contribution < 1.29 is 22.7 Å². The largest absolute Gasteiger partial charge is 0.416 e. The van der Waals surface area contributed by atoms with E-state index in [0.717, 1.165) is 37.8 Å². The summed E-state index contributed by atoms with van der Waals surface area (Å²) < 4.78 is 44.6. The van der Waals surface area contributed by atoms with Gasteiger partial charge in [-0.1, -0.05) is 25.7 Å². The van der Waals surface area contributed by atoms with Crippen molar-refractivity contribution in [2.24, 2.45) is 5.73 Å². The molecule has 4 nitrogen and oxygen atoms in total. The fourth-order valence-corrected chi connectivity index (χ4v) is 3.02. The molecule has 0 spiro atoms. The van der Waals surface area contributed by atoms with E-state index in [-0.39, 0.29) is 18.3 Å². The molecule has 1 amide bonds. The zero-order valence-electron chi connectivity index (χ0n) is 14.4. The molecule has 1 aliphatic rings. The van der Waals surface area contributed by atoms with Gasteiger partial charge in [0.15, 0.2) is 0 Å². The minimum atomic E-state index is -4.49. The molecule has 0 bridgehead atoms. The number of carbonyl (C=O) groups excluding carboxylic acids is 1. The van der Waals surface area contributed by atoms with Gasteiger partial charge >= 0.3 is 6.18 Å². The molecule has 0 saturated heterocycles. The maximum absolute atomic E-state index is 12.9. The Morgan fingerprint density at radius 1 is 1.24 bits per heavy atom. The van der Waals surface area contributed by atoms with E-state index >= 15 is 0 Å². The highest BCUT2D eigenvalue weighted by atomic mass is 19.4. The Morgan fingerprint density at radius 2 is 1.88 bits per heavy atom. The van der Waals surface area contributed by atoms with Crippen molar-refractivity contribution in [1.82, 2.24) is 0 Å². The van der Waals surface area contributed by atoms with Gasteiger partial charge in [-0.15, -0.1) is 0 Å². The first-order valence-corrected chi connectivity index (χ1v) is 8.67. The molecule has 3 N–H and O–H groups in total. The highest BCUT2D eigenvalue weighted by Crippen LogP contribution is 2.32. The van der Waals surface area contributed by atoms with Crippen molar-refractivity contribution in [3.05, 3.63) is 29.3 Å². The Morgan fingerprint density at radius 3 is 2.44 bits per heavy atom. The molecule has 1 saturated carbocycles. The number of hydrogen-bond acceptors (Lipinski definition) is 3. The first-order chi connectivity index (χ1) is 11.8. The van der Waals surface area contributed by atoms with Crippen LogP contribution in [0.4, 0.5) is 18.9 Å². The van der Waals surface area contributed by atoms with Crippen molar-refractivity contribution in [3.8, 4) is 0 Å². The van der Waals surface area contributed by atoms with Gasteiger partial charge in [-0.05, 0) is 43.5 Å². The maximum Gasteiger partial charge on any atom is 0.416 e. The molecule has 1 aliphatic carbocycles. The Kier molecular flexibility index (Phi) is 6.84. The summed E-state index contributed by atoms with van der Waals surface area (Å²) in [5.74, 6) is -0.452. The van der Waals surface area contributed by atoms with Gasteiger partial charge in [-0.3, -0.25) is 4.79 Å². The predicted molar refractivity (Wildman–Crippen MR) is 90.0 cm³/mol. The SMILES string of the molecule is CC(OC1CCCCCC1)C(=O)Nc1cc(CN)cc(C(F)(F)F)c1. The van der Waals surface area contributed by atoms with Crippen LogP contribution in [-0.2, 0) is 22.3 Å². The molecule has 1 atom stereocenters. The van der Waals surface area contributed by atoms with Gasteiger partial charge < -0.3 is 15.8 Å². The zero-order chi connectivity index (χ0) is 18.4. The number of anilines is 1. The smallest absolute Gasteiger partial charge is 0.365 e. The third-order valence-corrected chi connectivity index (χ3v) is 4.39. The Balaban J connectivity index is 2.03. The first kappa shape index (κ1) is 19.7. The van der Waals surface area contributed by atoms with Crippen LogP contribution in [0.1, 0.15) is 56.6 Å². The van der Waals surface area contributed by atoms with Crippen molar-refractivity contribution in [1.29, 1.82) is 0 Å². The second kappa shape index (κ2) is 8.67. The monoisotopic (exact) mass is 358 g/mol. The molecular weight excluding hydrogens is 333 g/mol. The van der Waals surface area contributed by atoms with Gasteiger partial charge in [0.1, 0.15) is 6.10 Å². The molecule has 0 heterocycles. The number of alkyl halides is 3. The molecule has 25 heavy (non-hydrogen) atoms. The second-order valence-electron chi connectivity index (χ2n) is 6.50. The van der Waals surface area contributed by atoms with Crippen LogP contribution >= 0.6 is 0 Å². The van der Waals surface area contributed by atoms with Crippen molar-refractivity contribution in [2.45, 2.75) is 70.4 Å². The lowest BCUT2D eigenvalue weighted by Crippen LogP contribution is -2.31. The van der Waals surface area contributed by atoms with Gasteiger partial charge in [0.25, 0.3) is 5.91 Å². The number of benzene rings is 1. The average molecular weight is 358 g/mol. The molecule has 1 aromatic rings. The summed E-state index contributed by atoms with van der Waals surface area (Å²) in [5, 5.41) is 2.51. The summed E-state index contributed by atoms with van der Waals surface area (Å²) in [6, 6.07) is 3.35. The number of hydrogen-bond donors (Lipinski definition) is 2. The molecule has 1 aromatic carbocycles. The third-order valence-electron chi connectivity index (χ3n) is 4.39. The standard InChI is InChI=1S/C18H25F3N2O2/c1-12(25-16-6-4-2-3-5-7-16)17(24)23-15-9-13(11-22)8-14(10-15)18(19,20)21/h8-10,12,16H,2-7,11,22H2,1H3,(H,23,24). The van der Waals surface area contributed by atoms with E-state index in [1.165, 1.54) is 18.9 Å². The topological polar surface area (TPSA) is 64.3 Å². The van der Waals surface area contributed by atoms with Crippen LogP contribution < -0.4 is 11.1 Å². The fraction of sp³-hybridized carbons (Fsp3) is 0.611. The minimum Gasteiger partial charge on any atom is -0.365 e. The lowest BCUT2D eigenvalue weighted by atomic mass is 10.1. The van der Waals surface area contributed by atoms with Crippen molar-refractivity contribution in [3.63, 3.8) is 0 Å². The molecule has 2 rings (SSSR count). The maximum atomic E-state index is 12.9. The lowest BCUT2D eigenvalue weighted by Gasteiger charge is -2.21. The Bertz CT molecular complexity index is 582. The van der Waals surface area contributed by atoms with E-state index in [1.807, 2.05) is 0 Å². The number of amides is 1. The van der Waals surface area contributed by atoms with Gasteiger partial charge in [0.05, 0.1) is 11.7 Å². The minimum absolute atomic E-state index is 0.0318. The third kappa shape index (κ3) is 6.01. The van der Waals surface area contributed by atoms with Gasteiger partial charge in [-0.2, -0.15) is 13.2 Å². The van der Waals surface area contributed by atoms with Crippen molar-refractivity contribution >= 4 is 11.6 Å². The predicted octanol–water partition coefficient (Wildman–Crippen LogP) is 4.23. The quantitative estimate of drug-likeness (QED) is 0.774. The number of carbonyl (C=O) groups is 1. The molecule has 7 heteroatoms. The number of nitrogens with one attached hydrogen (secondary N) is 1. The molecule has 1 unspecified atom stereocenters. The summed E-state index contributed by atoms with van der Waals surface area (Å²) in [6.45, 7) is 1.58. The number of rotatable bonds is 5. The van der Waals surface area contributed by atoms with E-state index in [0.29, 0.717) is 5.56 Å². The molecule has 1 fully saturated rings. The van der Waals surface area contributed by atoms with Crippen molar-refractivity contribution in [2.75, 3.05) is 5.32 Å². The Hall–Kier alpha value is -1.60. The molecular formula is C18H25F3N2O2. The molecule has 140 valence electrons. The van der Waals surface area contributed by atoms with E-state index in [9.17, 15) is 18.0 Å².